The summed E-state index contributed by atoms with van der Waals surface area (Å²) in [5, 5.41) is 8.93. The summed E-state index contributed by atoms with van der Waals surface area (Å²) in [6.07, 6.45) is 0.445. The molecule has 0 amide bonds. The highest BCUT2D eigenvalue weighted by atomic mass is 32.2. The third-order valence-corrected chi connectivity index (χ3v) is 5.04. The van der Waals surface area contributed by atoms with Crippen LogP contribution < -0.4 is 0 Å². The summed E-state index contributed by atoms with van der Waals surface area (Å²) >= 11 is 1.35. The summed E-state index contributed by atoms with van der Waals surface area (Å²) < 4.78 is 41.3. The highest BCUT2D eigenvalue weighted by molar-refractivity contribution is 7.98. The minimum absolute atomic E-state index is 0.333. The number of pyridine rings is 2. The van der Waals surface area contributed by atoms with Gasteiger partial charge in [0.15, 0.2) is 11.0 Å². The molecule has 0 spiro atoms. The van der Waals surface area contributed by atoms with Crippen molar-refractivity contribution < 1.29 is 13.2 Å². The van der Waals surface area contributed by atoms with E-state index in [1.165, 1.54) is 17.8 Å². The van der Waals surface area contributed by atoms with Crippen molar-refractivity contribution in [3.63, 3.8) is 0 Å². The Morgan fingerprint density at radius 2 is 1.72 bits per heavy atom. The quantitative estimate of drug-likeness (QED) is 0.429. The Balaban J connectivity index is 1.78. The molecule has 29 heavy (non-hydrogen) atoms. The van der Waals surface area contributed by atoms with Crippen LogP contribution in [0.4, 0.5) is 13.2 Å². The fourth-order valence-corrected chi connectivity index (χ4v) is 3.59. The SMILES string of the molecule is FC(F)(F)c1cccc(-n2c(SCc3ccccn3)nnc2-c2ccncc2)c1. The highest BCUT2D eigenvalue weighted by Crippen LogP contribution is 2.33. The molecular formula is C20H14F3N5S. The molecule has 0 bridgehead atoms. The molecule has 146 valence electrons. The van der Waals surface area contributed by atoms with Crippen molar-refractivity contribution in [1.29, 1.82) is 0 Å². The maximum atomic E-state index is 13.2. The van der Waals surface area contributed by atoms with Gasteiger partial charge in [0.05, 0.1) is 16.9 Å². The fraction of sp³-hybridized carbons (Fsp3) is 0.100. The zero-order valence-electron chi connectivity index (χ0n) is 14.9. The van der Waals surface area contributed by atoms with Gasteiger partial charge in [-0.2, -0.15) is 13.2 Å². The Kier molecular flexibility index (Phi) is 5.30. The van der Waals surface area contributed by atoms with Crippen LogP contribution in [-0.4, -0.2) is 24.7 Å². The second kappa shape index (κ2) is 8.04. The Labute approximate surface area is 168 Å². The van der Waals surface area contributed by atoms with Gasteiger partial charge in [0.1, 0.15) is 0 Å². The van der Waals surface area contributed by atoms with Gasteiger partial charge in [0, 0.05) is 29.9 Å². The largest absolute Gasteiger partial charge is 0.416 e. The van der Waals surface area contributed by atoms with Gasteiger partial charge in [0.25, 0.3) is 0 Å². The lowest BCUT2D eigenvalue weighted by Gasteiger charge is -2.13. The van der Waals surface area contributed by atoms with E-state index in [2.05, 4.69) is 20.2 Å². The average Bonchev–Trinajstić information content (AvgIpc) is 3.17. The molecule has 0 aliphatic rings. The summed E-state index contributed by atoms with van der Waals surface area (Å²) in [6.45, 7) is 0. The van der Waals surface area contributed by atoms with E-state index in [9.17, 15) is 13.2 Å². The van der Waals surface area contributed by atoms with Crippen molar-refractivity contribution in [2.75, 3.05) is 0 Å². The van der Waals surface area contributed by atoms with Crippen LogP contribution in [0, 0.1) is 0 Å². The Hall–Kier alpha value is -3.20. The molecule has 9 heteroatoms. The highest BCUT2D eigenvalue weighted by Gasteiger charge is 2.31. The van der Waals surface area contributed by atoms with Gasteiger partial charge in [-0.1, -0.05) is 23.9 Å². The molecular weight excluding hydrogens is 399 g/mol. The van der Waals surface area contributed by atoms with Gasteiger partial charge >= 0.3 is 6.18 Å². The molecule has 0 atom stereocenters. The monoisotopic (exact) mass is 413 g/mol. The van der Waals surface area contributed by atoms with Gasteiger partial charge < -0.3 is 0 Å². The number of hydrogen-bond donors (Lipinski definition) is 0. The number of nitrogens with zero attached hydrogens (tertiary/aromatic N) is 5. The number of alkyl halides is 3. The van der Waals surface area contributed by atoms with E-state index in [1.54, 1.807) is 41.4 Å². The first kappa shape index (κ1) is 19.1. The van der Waals surface area contributed by atoms with Gasteiger partial charge in [0.2, 0.25) is 0 Å². The molecule has 3 aromatic heterocycles. The van der Waals surface area contributed by atoms with E-state index >= 15 is 0 Å². The zero-order valence-corrected chi connectivity index (χ0v) is 15.7. The molecule has 0 unspecified atom stereocenters. The zero-order chi connectivity index (χ0) is 20.3. The van der Waals surface area contributed by atoms with Gasteiger partial charge in [-0.05, 0) is 42.5 Å². The predicted octanol–water partition coefficient (Wildman–Crippen LogP) is 5.04. The minimum Gasteiger partial charge on any atom is -0.270 e. The summed E-state index contributed by atoms with van der Waals surface area (Å²) in [5.41, 5.74) is 1.14. The van der Waals surface area contributed by atoms with E-state index < -0.39 is 11.7 Å². The number of benzene rings is 1. The molecule has 0 N–H and O–H groups in total. The third-order valence-electron chi connectivity index (χ3n) is 4.08. The van der Waals surface area contributed by atoms with Crippen molar-refractivity contribution in [3.8, 4) is 17.1 Å². The molecule has 0 aliphatic carbocycles. The first-order chi connectivity index (χ1) is 14.0. The first-order valence-electron chi connectivity index (χ1n) is 8.58. The number of halogens is 3. The molecule has 0 radical (unpaired) electrons. The van der Waals surface area contributed by atoms with Crippen LogP contribution in [0.3, 0.4) is 0 Å². The summed E-state index contributed by atoms with van der Waals surface area (Å²) in [6, 6.07) is 14.2. The normalized spacial score (nSPS) is 11.6. The number of rotatable bonds is 5. The van der Waals surface area contributed by atoms with Crippen LogP contribution in [0.2, 0.25) is 0 Å². The first-order valence-corrected chi connectivity index (χ1v) is 9.57. The van der Waals surface area contributed by atoms with Crippen LogP contribution in [-0.2, 0) is 11.9 Å². The predicted molar refractivity (Wildman–Crippen MR) is 103 cm³/mol. The van der Waals surface area contributed by atoms with E-state index in [0.29, 0.717) is 28.0 Å². The molecule has 3 heterocycles. The molecule has 0 fully saturated rings. The molecule has 0 saturated carbocycles. The van der Waals surface area contributed by atoms with Crippen molar-refractivity contribution in [3.05, 3.63) is 84.4 Å². The second-order valence-corrected chi connectivity index (χ2v) is 6.98. The van der Waals surface area contributed by atoms with E-state index in [0.717, 1.165) is 17.8 Å². The number of aromatic nitrogens is 5. The van der Waals surface area contributed by atoms with Gasteiger partial charge in [-0.3, -0.25) is 14.5 Å². The maximum absolute atomic E-state index is 13.2. The van der Waals surface area contributed by atoms with E-state index in [4.69, 9.17) is 0 Å². The molecule has 0 aliphatic heterocycles. The topological polar surface area (TPSA) is 56.5 Å². The Bertz CT molecular complexity index is 1100. The maximum Gasteiger partial charge on any atom is 0.416 e. The Morgan fingerprint density at radius 1 is 0.897 bits per heavy atom. The summed E-state index contributed by atoms with van der Waals surface area (Å²) in [5.74, 6) is 0.948. The lowest BCUT2D eigenvalue weighted by atomic mass is 10.2. The third kappa shape index (κ3) is 4.29. The molecule has 0 saturated heterocycles. The molecule has 1 aromatic carbocycles. The number of thioether (sulfide) groups is 1. The van der Waals surface area contributed by atoms with Crippen LogP contribution in [0.15, 0.2) is 78.3 Å². The molecule has 4 aromatic rings. The lowest BCUT2D eigenvalue weighted by molar-refractivity contribution is -0.137. The van der Waals surface area contributed by atoms with Crippen molar-refractivity contribution in [2.45, 2.75) is 17.1 Å². The standard InChI is InChI=1S/C20H14F3N5S/c21-20(22,23)15-4-3-6-17(12-15)28-18(14-7-10-24-11-8-14)26-27-19(28)29-13-16-5-1-2-9-25-16/h1-12H,13H2. The van der Waals surface area contributed by atoms with Crippen molar-refractivity contribution in [1.82, 2.24) is 24.7 Å². The molecule has 5 nitrogen and oxygen atoms in total. The molecule has 4 rings (SSSR count). The minimum atomic E-state index is -4.44. The second-order valence-electron chi connectivity index (χ2n) is 6.04. The van der Waals surface area contributed by atoms with Crippen molar-refractivity contribution in [2.24, 2.45) is 0 Å². The van der Waals surface area contributed by atoms with Crippen LogP contribution in [0.5, 0.6) is 0 Å². The van der Waals surface area contributed by atoms with Crippen molar-refractivity contribution >= 4 is 11.8 Å². The van der Waals surface area contributed by atoms with Gasteiger partial charge in [-0.25, -0.2) is 0 Å². The summed E-state index contributed by atoms with van der Waals surface area (Å²) in [7, 11) is 0. The number of hydrogen-bond acceptors (Lipinski definition) is 5. The van der Waals surface area contributed by atoms with E-state index in [-0.39, 0.29) is 0 Å². The smallest absolute Gasteiger partial charge is 0.270 e. The van der Waals surface area contributed by atoms with Gasteiger partial charge in [-0.15, -0.1) is 10.2 Å². The van der Waals surface area contributed by atoms with Crippen LogP contribution in [0.25, 0.3) is 17.1 Å². The average molecular weight is 413 g/mol. The van der Waals surface area contributed by atoms with Crippen LogP contribution >= 0.6 is 11.8 Å². The summed E-state index contributed by atoms with van der Waals surface area (Å²) in [4.78, 5) is 8.26. The fourth-order valence-electron chi connectivity index (χ4n) is 2.73. The Morgan fingerprint density at radius 3 is 2.45 bits per heavy atom. The lowest BCUT2D eigenvalue weighted by Crippen LogP contribution is -2.07. The van der Waals surface area contributed by atoms with Crippen LogP contribution in [0.1, 0.15) is 11.3 Å². The van der Waals surface area contributed by atoms with E-state index in [1.807, 2.05) is 18.2 Å².